The van der Waals surface area contributed by atoms with Gasteiger partial charge >= 0.3 is 0 Å². The monoisotopic (exact) mass is 300 g/mol. The van der Waals surface area contributed by atoms with E-state index in [4.69, 9.17) is 0 Å². The lowest BCUT2D eigenvalue weighted by atomic mass is 9.89. The molecule has 0 N–H and O–H groups in total. The Morgan fingerprint density at radius 1 is 1.09 bits per heavy atom. The number of rotatable bonds is 3. The van der Waals surface area contributed by atoms with Crippen LogP contribution in [-0.2, 0) is 0 Å². The van der Waals surface area contributed by atoms with Crippen molar-refractivity contribution in [3.05, 3.63) is 82.0 Å². The van der Waals surface area contributed by atoms with Crippen molar-refractivity contribution in [1.82, 2.24) is 0 Å². The van der Waals surface area contributed by atoms with E-state index in [2.05, 4.69) is 75.4 Å². The maximum absolute atomic E-state index is 2.39. The lowest BCUT2D eigenvalue weighted by Gasteiger charge is -2.15. The van der Waals surface area contributed by atoms with Gasteiger partial charge in [0.2, 0.25) is 0 Å². The third-order valence-electron chi connectivity index (χ3n) is 5.30. The lowest BCUT2D eigenvalue weighted by Crippen LogP contribution is -2.01. The topological polar surface area (TPSA) is 0 Å². The molecule has 1 aromatic carbocycles. The van der Waals surface area contributed by atoms with E-state index in [0.717, 1.165) is 12.8 Å². The van der Waals surface area contributed by atoms with Crippen molar-refractivity contribution in [2.45, 2.75) is 39.5 Å². The number of hydrogen-bond acceptors (Lipinski definition) is 0. The first-order valence-corrected chi connectivity index (χ1v) is 8.72. The predicted molar refractivity (Wildman–Crippen MR) is 100 cm³/mol. The largest absolute Gasteiger partial charge is 0.0761 e. The van der Waals surface area contributed by atoms with Gasteiger partial charge in [-0.3, -0.25) is 0 Å². The molecule has 0 saturated heterocycles. The Hall–Kier alpha value is -2.08. The molecule has 4 rings (SSSR count). The fourth-order valence-electron chi connectivity index (χ4n) is 3.92. The Morgan fingerprint density at radius 3 is 2.70 bits per heavy atom. The molecule has 0 saturated carbocycles. The molecule has 0 aromatic heterocycles. The fraction of sp³-hybridized carbons (Fsp3) is 0.304. The van der Waals surface area contributed by atoms with Gasteiger partial charge in [0.1, 0.15) is 0 Å². The summed E-state index contributed by atoms with van der Waals surface area (Å²) in [6.45, 7) is 6.82. The number of hydrogen-bond donors (Lipinski definition) is 0. The van der Waals surface area contributed by atoms with Crippen LogP contribution in [0.2, 0.25) is 0 Å². The van der Waals surface area contributed by atoms with Crippen LogP contribution >= 0.6 is 0 Å². The van der Waals surface area contributed by atoms with E-state index in [1.54, 1.807) is 0 Å². The Bertz CT molecular complexity index is 806. The van der Waals surface area contributed by atoms with Crippen LogP contribution in [0.15, 0.2) is 65.3 Å². The fourth-order valence-corrected chi connectivity index (χ4v) is 3.92. The van der Waals surface area contributed by atoms with Crippen LogP contribution in [0.5, 0.6) is 0 Å². The minimum atomic E-state index is 0.586. The summed E-state index contributed by atoms with van der Waals surface area (Å²) in [5, 5.41) is 0. The van der Waals surface area contributed by atoms with Crippen molar-refractivity contribution in [2.75, 3.05) is 0 Å². The molecule has 1 atom stereocenters. The summed E-state index contributed by atoms with van der Waals surface area (Å²) in [7, 11) is 0. The van der Waals surface area contributed by atoms with Crippen LogP contribution in [0.3, 0.4) is 0 Å². The van der Waals surface area contributed by atoms with E-state index in [9.17, 15) is 0 Å². The zero-order valence-electron chi connectivity index (χ0n) is 14.3. The van der Waals surface area contributed by atoms with Gasteiger partial charge in [0.25, 0.3) is 0 Å². The molecule has 0 fully saturated rings. The van der Waals surface area contributed by atoms with Gasteiger partial charge in [0, 0.05) is 5.92 Å². The minimum Gasteiger partial charge on any atom is -0.0761 e. The summed E-state index contributed by atoms with van der Waals surface area (Å²) in [5.74, 6) is 1.25. The second-order valence-corrected chi connectivity index (χ2v) is 7.39. The van der Waals surface area contributed by atoms with Crippen LogP contribution < -0.4 is 0 Å². The van der Waals surface area contributed by atoms with Crippen LogP contribution in [0.4, 0.5) is 0 Å². The zero-order valence-corrected chi connectivity index (χ0v) is 14.3. The summed E-state index contributed by atoms with van der Waals surface area (Å²) in [5.41, 5.74) is 10.1. The highest BCUT2D eigenvalue weighted by molar-refractivity contribution is 5.78. The van der Waals surface area contributed by atoms with Crippen molar-refractivity contribution in [2.24, 2.45) is 5.92 Å². The molecular weight excluding hydrogens is 276 g/mol. The van der Waals surface area contributed by atoms with Gasteiger partial charge in [0.15, 0.2) is 0 Å². The lowest BCUT2D eigenvalue weighted by molar-refractivity contribution is 0.584. The van der Waals surface area contributed by atoms with Crippen LogP contribution in [0, 0.1) is 5.92 Å². The average Bonchev–Trinajstić information content (AvgIpc) is 3.24. The Labute approximate surface area is 139 Å². The van der Waals surface area contributed by atoms with Crippen molar-refractivity contribution < 1.29 is 0 Å². The van der Waals surface area contributed by atoms with Gasteiger partial charge in [-0.25, -0.2) is 0 Å². The van der Waals surface area contributed by atoms with Gasteiger partial charge in [-0.15, -0.1) is 0 Å². The molecule has 1 aromatic rings. The molecule has 3 aliphatic carbocycles. The molecule has 1 unspecified atom stereocenters. The van der Waals surface area contributed by atoms with Gasteiger partial charge < -0.3 is 0 Å². The highest BCUT2D eigenvalue weighted by Crippen LogP contribution is 2.39. The van der Waals surface area contributed by atoms with Gasteiger partial charge in [0.05, 0.1) is 0 Å². The second-order valence-electron chi connectivity index (χ2n) is 7.39. The van der Waals surface area contributed by atoms with E-state index in [0.29, 0.717) is 11.8 Å². The van der Waals surface area contributed by atoms with E-state index >= 15 is 0 Å². The predicted octanol–water partition coefficient (Wildman–Crippen LogP) is 6.44. The van der Waals surface area contributed by atoms with Crippen LogP contribution in [0.1, 0.15) is 56.2 Å². The van der Waals surface area contributed by atoms with E-state index < -0.39 is 0 Å². The second kappa shape index (κ2) is 5.53. The number of fused-ring (bicyclic) bond motifs is 1. The smallest absolute Gasteiger partial charge is 0.00502 e. The highest BCUT2D eigenvalue weighted by atomic mass is 14.3. The zero-order chi connectivity index (χ0) is 16.0. The van der Waals surface area contributed by atoms with Crippen molar-refractivity contribution in [3.63, 3.8) is 0 Å². The van der Waals surface area contributed by atoms with Crippen LogP contribution in [-0.4, -0.2) is 0 Å². The summed E-state index contributed by atoms with van der Waals surface area (Å²) in [4.78, 5) is 0. The summed E-state index contributed by atoms with van der Waals surface area (Å²) < 4.78 is 0. The van der Waals surface area contributed by atoms with Crippen molar-refractivity contribution >= 4 is 11.6 Å². The molecule has 0 aliphatic heterocycles. The Kier molecular flexibility index (Phi) is 3.49. The summed E-state index contributed by atoms with van der Waals surface area (Å²) in [6.07, 6.45) is 16.1. The standard InChI is InChI=1S/C23H24/c1-15(2)22-10-9-21-14-20(8-11-23(21)22)19-7-6-18(13-19)17-5-4-16(3)12-17/h4-6,8-11,13-15,22H,7,12H2,1-3H3. The van der Waals surface area contributed by atoms with Crippen molar-refractivity contribution in [3.8, 4) is 0 Å². The third kappa shape index (κ3) is 2.57. The molecule has 0 spiro atoms. The normalized spacial score (nSPS) is 22.2. The quantitative estimate of drug-likeness (QED) is 0.602. The summed E-state index contributed by atoms with van der Waals surface area (Å²) >= 11 is 0. The first-order valence-electron chi connectivity index (χ1n) is 8.72. The maximum Gasteiger partial charge on any atom is 0.00502 e. The minimum absolute atomic E-state index is 0.586. The molecular formula is C23H24. The molecule has 23 heavy (non-hydrogen) atoms. The van der Waals surface area contributed by atoms with E-state index in [1.165, 1.54) is 39.0 Å². The molecule has 0 nitrogen and oxygen atoms in total. The molecule has 116 valence electrons. The molecule has 0 radical (unpaired) electrons. The Morgan fingerprint density at radius 2 is 1.96 bits per heavy atom. The van der Waals surface area contributed by atoms with Crippen molar-refractivity contribution in [1.29, 1.82) is 0 Å². The molecule has 0 bridgehead atoms. The maximum atomic E-state index is 2.39. The molecule has 0 heterocycles. The van der Waals surface area contributed by atoms with E-state index in [1.807, 2.05) is 0 Å². The van der Waals surface area contributed by atoms with Gasteiger partial charge in [-0.05, 0) is 65.2 Å². The average molecular weight is 300 g/mol. The van der Waals surface area contributed by atoms with Gasteiger partial charge in [-0.1, -0.05) is 68.0 Å². The van der Waals surface area contributed by atoms with Crippen LogP contribution in [0.25, 0.3) is 11.6 Å². The van der Waals surface area contributed by atoms with Gasteiger partial charge in [-0.2, -0.15) is 0 Å². The molecule has 3 aliphatic rings. The highest BCUT2D eigenvalue weighted by Gasteiger charge is 2.21. The number of allylic oxidation sites excluding steroid dienone is 9. The summed E-state index contributed by atoms with van der Waals surface area (Å²) in [6, 6.07) is 7.04. The SMILES string of the molecule is CC1=CC=C(C2=CCC(c3ccc4c(c3)C=CC4C(C)C)=C2)C1. The molecule has 0 amide bonds. The van der Waals surface area contributed by atoms with E-state index in [-0.39, 0.29) is 0 Å². The molecule has 0 heteroatoms. The Balaban J connectivity index is 1.58. The third-order valence-corrected chi connectivity index (χ3v) is 5.30. The number of benzene rings is 1. The first-order chi connectivity index (χ1) is 11.1. The first kappa shape index (κ1) is 14.5.